The van der Waals surface area contributed by atoms with E-state index in [9.17, 15) is 0 Å². The zero-order valence-electron chi connectivity index (χ0n) is 7.07. The third-order valence-electron chi connectivity index (χ3n) is 2.04. The first-order valence-electron chi connectivity index (χ1n) is 4.10. The second-order valence-corrected chi connectivity index (χ2v) is 2.97. The molecule has 0 amide bonds. The van der Waals surface area contributed by atoms with Crippen molar-refractivity contribution >= 4 is 11.0 Å². The highest BCUT2D eigenvalue weighted by Crippen LogP contribution is 2.14. The fourth-order valence-electron chi connectivity index (χ4n) is 1.26. The summed E-state index contributed by atoms with van der Waals surface area (Å²) < 4.78 is 0. The highest BCUT2D eigenvalue weighted by atomic mass is 16.3. The summed E-state index contributed by atoms with van der Waals surface area (Å²) in [5, 5.41) is 8.85. The molecule has 0 aliphatic rings. The normalized spacial score (nSPS) is 13.4. The Morgan fingerprint density at radius 1 is 1.62 bits per heavy atom. The molecule has 4 heteroatoms. The molecule has 13 heavy (non-hydrogen) atoms. The average molecular weight is 177 g/mol. The summed E-state index contributed by atoms with van der Waals surface area (Å²) in [5.41, 5.74) is 8.35. The fourth-order valence-corrected chi connectivity index (χ4v) is 1.26. The van der Waals surface area contributed by atoms with Crippen molar-refractivity contribution in [1.29, 1.82) is 0 Å². The van der Waals surface area contributed by atoms with E-state index in [0.29, 0.717) is 0 Å². The topological polar surface area (TPSA) is 74.9 Å². The number of aromatic amines is 1. The van der Waals surface area contributed by atoms with Crippen LogP contribution in [-0.2, 0) is 0 Å². The van der Waals surface area contributed by atoms with Gasteiger partial charge in [-0.05, 0) is 17.7 Å². The van der Waals surface area contributed by atoms with Gasteiger partial charge in [-0.2, -0.15) is 0 Å². The molecule has 4 N–H and O–H groups in total. The van der Waals surface area contributed by atoms with Crippen molar-refractivity contribution in [2.75, 3.05) is 6.61 Å². The molecule has 1 atom stereocenters. The number of aliphatic hydroxyl groups excluding tert-OH is 1. The molecule has 68 valence electrons. The lowest BCUT2D eigenvalue weighted by Gasteiger charge is -2.06. The van der Waals surface area contributed by atoms with Crippen molar-refractivity contribution < 1.29 is 5.11 Å². The molecular formula is C9H11N3O. The number of nitrogens with zero attached hydrogens (tertiary/aromatic N) is 1. The van der Waals surface area contributed by atoms with Gasteiger partial charge in [0.15, 0.2) is 0 Å². The standard InChI is InChI=1S/C9H11N3O/c10-7(5-13)6-3-9-8(12-4-6)1-2-11-9/h1-4,7,11,13H,5,10H2/t7-/m0/s1. The first kappa shape index (κ1) is 8.22. The number of aliphatic hydroxyl groups is 1. The summed E-state index contributed by atoms with van der Waals surface area (Å²) in [5.74, 6) is 0. The summed E-state index contributed by atoms with van der Waals surface area (Å²) in [6.07, 6.45) is 3.52. The van der Waals surface area contributed by atoms with Crippen molar-refractivity contribution in [3.63, 3.8) is 0 Å². The van der Waals surface area contributed by atoms with E-state index < -0.39 is 0 Å². The molecule has 0 unspecified atom stereocenters. The van der Waals surface area contributed by atoms with E-state index in [-0.39, 0.29) is 12.6 Å². The summed E-state index contributed by atoms with van der Waals surface area (Å²) >= 11 is 0. The molecular weight excluding hydrogens is 166 g/mol. The summed E-state index contributed by atoms with van der Waals surface area (Å²) in [4.78, 5) is 7.23. The van der Waals surface area contributed by atoms with Gasteiger partial charge >= 0.3 is 0 Å². The van der Waals surface area contributed by atoms with E-state index in [1.807, 2.05) is 18.3 Å². The van der Waals surface area contributed by atoms with Crippen molar-refractivity contribution in [3.05, 3.63) is 30.1 Å². The van der Waals surface area contributed by atoms with Gasteiger partial charge in [0.2, 0.25) is 0 Å². The van der Waals surface area contributed by atoms with Gasteiger partial charge in [0.1, 0.15) is 0 Å². The van der Waals surface area contributed by atoms with Gasteiger partial charge < -0.3 is 15.8 Å². The zero-order chi connectivity index (χ0) is 9.26. The minimum absolute atomic E-state index is 0.0616. The van der Waals surface area contributed by atoms with Crippen molar-refractivity contribution in [2.24, 2.45) is 5.73 Å². The second-order valence-electron chi connectivity index (χ2n) is 2.97. The van der Waals surface area contributed by atoms with Crippen LogP contribution in [0.25, 0.3) is 11.0 Å². The number of nitrogens with one attached hydrogen (secondary N) is 1. The Morgan fingerprint density at radius 3 is 3.23 bits per heavy atom. The predicted molar refractivity (Wildman–Crippen MR) is 50.1 cm³/mol. The Balaban J connectivity index is 2.48. The Morgan fingerprint density at radius 2 is 2.46 bits per heavy atom. The van der Waals surface area contributed by atoms with Crippen LogP contribution in [0.5, 0.6) is 0 Å². The van der Waals surface area contributed by atoms with Crippen LogP contribution in [0.2, 0.25) is 0 Å². The van der Waals surface area contributed by atoms with Crippen LogP contribution in [0, 0.1) is 0 Å². The van der Waals surface area contributed by atoms with E-state index >= 15 is 0 Å². The SMILES string of the molecule is N[C@@H](CO)c1cnc2cc[nH]c2c1. The average Bonchev–Trinajstić information content (AvgIpc) is 2.63. The molecule has 0 spiro atoms. The third kappa shape index (κ3) is 1.41. The van der Waals surface area contributed by atoms with Crippen LogP contribution in [0.4, 0.5) is 0 Å². The molecule has 0 radical (unpaired) electrons. The second kappa shape index (κ2) is 3.16. The number of hydrogen-bond donors (Lipinski definition) is 3. The Bertz CT molecular complexity index is 410. The van der Waals surface area contributed by atoms with Crippen molar-refractivity contribution in [1.82, 2.24) is 9.97 Å². The maximum Gasteiger partial charge on any atom is 0.0878 e. The maximum absolute atomic E-state index is 8.85. The first-order chi connectivity index (χ1) is 6.31. The number of H-pyrrole nitrogens is 1. The number of rotatable bonds is 2. The van der Waals surface area contributed by atoms with Gasteiger partial charge in [-0.1, -0.05) is 0 Å². The molecule has 0 saturated carbocycles. The van der Waals surface area contributed by atoms with Gasteiger partial charge in [-0.3, -0.25) is 4.98 Å². The molecule has 2 aromatic heterocycles. The highest BCUT2D eigenvalue weighted by molar-refractivity contribution is 5.75. The first-order valence-corrected chi connectivity index (χ1v) is 4.10. The lowest BCUT2D eigenvalue weighted by atomic mass is 10.1. The molecule has 0 aliphatic carbocycles. The molecule has 2 rings (SSSR count). The number of nitrogens with two attached hydrogens (primary N) is 1. The third-order valence-corrected chi connectivity index (χ3v) is 2.04. The van der Waals surface area contributed by atoms with Gasteiger partial charge in [-0.15, -0.1) is 0 Å². The molecule has 0 aliphatic heterocycles. The van der Waals surface area contributed by atoms with Crippen LogP contribution in [0.3, 0.4) is 0 Å². The minimum Gasteiger partial charge on any atom is -0.394 e. The monoisotopic (exact) mass is 177 g/mol. The number of hydrogen-bond acceptors (Lipinski definition) is 3. The van der Waals surface area contributed by atoms with E-state index in [0.717, 1.165) is 16.6 Å². The Hall–Kier alpha value is -1.39. The largest absolute Gasteiger partial charge is 0.394 e. The van der Waals surface area contributed by atoms with E-state index in [2.05, 4.69) is 9.97 Å². The van der Waals surface area contributed by atoms with Gasteiger partial charge in [-0.25, -0.2) is 0 Å². The molecule has 0 fully saturated rings. The van der Waals surface area contributed by atoms with Crippen LogP contribution in [0.1, 0.15) is 11.6 Å². The predicted octanol–water partition coefficient (Wildman–Crippen LogP) is 0.555. The fraction of sp³-hybridized carbons (Fsp3) is 0.222. The molecule has 0 bridgehead atoms. The smallest absolute Gasteiger partial charge is 0.0878 e. The quantitative estimate of drug-likeness (QED) is 0.627. The van der Waals surface area contributed by atoms with Crippen molar-refractivity contribution in [2.45, 2.75) is 6.04 Å². The van der Waals surface area contributed by atoms with E-state index in [1.165, 1.54) is 0 Å². The van der Waals surface area contributed by atoms with E-state index in [1.54, 1.807) is 6.20 Å². The summed E-state index contributed by atoms with van der Waals surface area (Å²) in [7, 11) is 0. The van der Waals surface area contributed by atoms with Crippen LogP contribution in [-0.4, -0.2) is 21.7 Å². The van der Waals surface area contributed by atoms with Crippen LogP contribution >= 0.6 is 0 Å². The summed E-state index contributed by atoms with van der Waals surface area (Å²) in [6.45, 7) is -0.0616. The lowest BCUT2D eigenvalue weighted by Crippen LogP contribution is -2.14. The summed E-state index contributed by atoms with van der Waals surface area (Å²) in [6, 6.07) is 3.45. The zero-order valence-corrected chi connectivity index (χ0v) is 7.07. The maximum atomic E-state index is 8.85. The van der Waals surface area contributed by atoms with Crippen LogP contribution in [0.15, 0.2) is 24.5 Å². The van der Waals surface area contributed by atoms with Crippen molar-refractivity contribution in [3.8, 4) is 0 Å². The highest BCUT2D eigenvalue weighted by Gasteiger charge is 2.05. The number of aromatic nitrogens is 2. The van der Waals surface area contributed by atoms with E-state index in [4.69, 9.17) is 10.8 Å². The Kier molecular flexibility index (Phi) is 2.00. The molecule has 2 aromatic rings. The number of fused-ring (bicyclic) bond motifs is 1. The van der Waals surface area contributed by atoms with Crippen LogP contribution < -0.4 is 5.73 Å². The van der Waals surface area contributed by atoms with Gasteiger partial charge in [0.05, 0.1) is 23.7 Å². The Labute approximate surface area is 75.4 Å². The lowest BCUT2D eigenvalue weighted by molar-refractivity contribution is 0.268. The minimum atomic E-state index is -0.347. The van der Waals surface area contributed by atoms with Gasteiger partial charge in [0, 0.05) is 12.4 Å². The van der Waals surface area contributed by atoms with Gasteiger partial charge in [0.25, 0.3) is 0 Å². The molecule has 0 saturated heterocycles. The molecule has 2 heterocycles. The molecule has 4 nitrogen and oxygen atoms in total. The molecule has 0 aromatic carbocycles. The number of pyridine rings is 1.